The van der Waals surface area contributed by atoms with E-state index < -0.39 is 0 Å². The number of aromatic nitrogens is 1. The summed E-state index contributed by atoms with van der Waals surface area (Å²) in [6.45, 7) is 7.73. The van der Waals surface area contributed by atoms with Crippen molar-refractivity contribution in [1.29, 1.82) is 0 Å². The smallest absolute Gasteiger partial charge is 0.226 e. The molecule has 0 atom stereocenters. The third-order valence-electron chi connectivity index (χ3n) is 3.67. The molecule has 0 fully saturated rings. The van der Waals surface area contributed by atoms with Gasteiger partial charge in [-0.3, -0.25) is 9.78 Å². The number of rotatable bonds is 7. The lowest BCUT2D eigenvalue weighted by Gasteiger charge is -2.11. The summed E-state index contributed by atoms with van der Waals surface area (Å²) in [6.07, 6.45) is 1.78. The number of benzene rings is 1. The summed E-state index contributed by atoms with van der Waals surface area (Å²) in [4.78, 5) is 20.6. The van der Waals surface area contributed by atoms with Crippen LogP contribution in [0.25, 0.3) is 0 Å². The van der Waals surface area contributed by atoms with Crippen LogP contribution in [-0.2, 0) is 17.9 Å². The van der Waals surface area contributed by atoms with Gasteiger partial charge in [-0.15, -0.1) is 0 Å². The maximum absolute atomic E-state index is 11.7. The Morgan fingerprint density at radius 3 is 2.50 bits per heavy atom. The van der Waals surface area contributed by atoms with Crippen molar-refractivity contribution in [2.24, 2.45) is 10.9 Å². The third-order valence-corrected chi connectivity index (χ3v) is 3.67. The third kappa shape index (κ3) is 6.55. The molecule has 1 aromatic heterocycles. The molecular formula is C20H27N5O. The molecule has 2 aromatic rings. The molecule has 0 aliphatic rings. The van der Waals surface area contributed by atoms with E-state index in [2.05, 4.69) is 25.9 Å². The molecule has 0 spiro atoms. The molecule has 0 radical (unpaired) electrons. The van der Waals surface area contributed by atoms with Crippen molar-refractivity contribution in [3.05, 3.63) is 59.9 Å². The number of aliphatic imine (C=N–C) groups is 1. The minimum absolute atomic E-state index is 0.0175. The largest absolute Gasteiger partial charge is 0.357 e. The fourth-order valence-corrected chi connectivity index (χ4v) is 2.17. The monoisotopic (exact) mass is 353 g/mol. The van der Waals surface area contributed by atoms with Gasteiger partial charge < -0.3 is 16.0 Å². The number of nitrogens with one attached hydrogen (secondary N) is 3. The first kappa shape index (κ1) is 19.4. The van der Waals surface area contributed by atoms with Crippen molar-refractivity contribution in [2.45, 2.75) is 33.9 Å². The number of hydrogen-bond donors (Lipinski definition) is 3. The first-order valence-corrected chi connectivity index (χ1v) is 8.90. The van der Waals surface area contributed by atoms with E-state index in [1.807, 2.05) is 63.2 Å². The molecule has 0 saturated heterocycles. The van der Waals surface area contributed by atoms with Crippen LogP contribution in [0.5, 0.6) is 0 Å². The minimum Gasteiger partial charge on any atom is -0.357 e. The zero-order valence-corrected chi connectivity index (χ0v) is 15.6. The van der Waals surface area contributed by atoms with Gasteiger partial charge in [0.05, 0.1) is 18.8 Å². The number of nitrogens with zero attached hydrogens (tertiary/aromatic N) is 2. The number of carbonyl (C=O) groups is 1. The van der Waals surface area contributed by atoms with E-state index in [0.717, 1.165) is 29.4 Å². The van der Waals surface area contributed by atoms with Crippen LogP contribution in [0.1, 0.15) is 32.0 Å². The van der Waals surface area contributed by atoms with Crippen LogP contribution in [0.15, 0.2) is 53.7 Å². The second-order valence-corrected chi connectivity index (χ2v) is 6.21. The molecule has 3 N–H and O–H groups in total. The molecule has 0 bridgehead atoms. The van der Waals surface area contributed by atoms with E-state index in [4.69, 9.17) is 0 Å². The first-order valence-electron chi connectivity index (χ1n) is 8.90. The maximum atomic E-state index is 11.7. The van der Waals surface area contributed by atoms with Crippen LogP contribution in [0.3, 0.4) is 0 Å². The van der Waals surface area contributed by atoms with Gasteiger partial charge in [-0.05, 0) is 36.8 Å². The van der Waals surface area contributed by atoms with Crippen LogP contribution in [0.2, 0.25) is 0 Å². The highest BCUT2D eigenvalue weighted by atomic mass is 16.1. The molecule has 138 valence electrons. The van der Waals surface area contributed by atoms with Crippen LogP contribution in [-0.4, -0.2) is 23.4 Å². The summed E-state index contributed by atoms with van der Waals surface area (Å²) in [5.74, 6) is 0.728. The van der Waals surface area contributed by atoms with Crippen molar-refractivity contribution >= 4 is 17.6 Å². The van der Waals surface area contributed by atoms with Crippen molar-refractivity contribution in [3.63, 3.8) is 0 Å². The Kier molecular flexibility index (Phi) is 7.61. The van der Waals surface area contributed by atoms with Crippen LogP contribution in [0.4, 0.5) is 5.69 Å². The summed E-state index contributed by atoms with van der Waals surface area (Å²) >= 11 is 0. The van der Waals surface area contributed by atoms with E-state index in [1.165, 1.54) is 0 Å². The van der Waals surface area contributed by atoms with Gasteiger partial charge in [0.1, 0.15) is 0 Å². The fraction of sp³-hybridized carbons (Fsp3) is 0.350. The van der Waals surface area contributed by atoms with Crippen molar-refractivity contribution in [3.8, 4) is 0 Å². The molecule has 0 aliphatic carbocycles. The molecule has 6 nitrogen and oxygen atoms in total. The number of carbonyl (C=O) groups excluding carboxylic acids is 1. The highest BCUT2D eigenvalue weighted by Crippen LogP contribution is 2.11. The average molecular weight is 353 g/mol. The van der Waals surface area contributed by atoms with Crippen molar-refractivity contribution in [2.75, 3.05) is 11.9 Å². The predicted octanol–water partition coefficient (Wildman–Crippen LogP) is 2.93. The van der Waals surface area contributed by atoms with Gasteiger partial charge in [-0.1, -0.05) is 32.0 Å². The molecule has 1 heterocycles. The normalized spacial score (nSPS) is 11.3. The summed E-state index contributed by atoms with van der Waals surface area (Å²) in [7, 11) is 0. The zero-order chi connectivity index (χ0) is 18.8. The Labute approximate surface area is 155 Å². The van der Waals surface area contributed by atoms with Gasteiger partial charge in [0.2, 0.25) is 5.91 Å². The molecule has 6 heteroatoms. The lowest BCUT2D eigenvalue weighted by Crippen LogP contribution is -2.36. The van der Waals surface area contributed by atoms with E-state index in [0.29, 0.717) is 13.1 Å². The standard InChI is InChI=1S/C20H27N5O/c1-4-21-20(24-14-18-7-5-6-12-22-18)23-13-16-8-10-17(11-9-16)25-19(26)15(2)3/h5-12,15H,4,13-14H2,1-3H3,(H,25,26)(H2,21,23,24). The quantitative estimate of drug-likeness (QED) is 0.528. The molecule has 26 heavy (non-hydrogen) atoms. The van der Waals surface area contributed by atoms with Gasteiger partial charge in [-0.25, -0.2) is 4.99 Å². The molecule has 0 unspecified atom stereocenters. The second-order valence-electron chi connectivity index (χ2n) is 6.21. The fourth-order valence-electron chi connectivity index (χ4n) is 2.17. The molecule has 0 saturated carbocycles. The minimum atomic E-state index is -0.0351. The van der Waals surface area contributed by atoms with Gasteiger partial charge in [0, 0.05) is 24.3 Å². The highest BCUT2D eigenvalue weighted by Gasteiger charge is 2.06. The van der Waals surface area contributed by atoms with Crippen molar-refractivity contribution < 1.29 is 4.79 Å². The van der Waals surface area contributed by atoms with Crippen LogP contribution in [0, 0.1) is 5.92 Å². The Morgan fingerprint density at radius 1 is 1.12 bits per heavy atom. The molecular weight excluding hydrogens is 326 g/mol. The first-order chi connectivity index (χ1) is 12.6. The van der Waals surface area contributed by atoms with Gasteiger partial charge in [0.15, 0.2) is 5.96 Å². The van der Waals surface area contributed by atoms with Crippen molar-refractivity contribution in [1.82, 2.24) is 15.6 Å². The Morgan fingerprint density at radius 2 is 1.88 bits per heavy atom. The van der Waals surface area contributed by atoms with E-state index >= 15 is 0 Å². The van der Waals surface area contributed by atoms with Gasteiger partial charge in [-0.2, -0.15) is 0 Å². The van der Waals surface area contributed by atoms with E-state index in [-0.39, 0.29) is 11.8 Å². The number of pyridine rings is 1. The number of amides is 1. The summed E-state index contributed by atoms with van der Waals surface area (Å²) in [5.41, 5.74) is 2.84. The lowest BCUT2D eigenvalue weighted by atomic mass is 10.2. The summed E-state index contributed by atoms with van der Waals surface area (Å²) in [6, 6.07) is 13.6. The Bertz CT molecular complexity index is 711. The topological polar surface area (TPSA) is 78.4 Å². The number of guanidine groups is 1. The number of anilines is 1. The predicted molar refractivity (Wildman–Crippen MR) is 106 cm³/mol. The Hall–Kier alpha value is -2.89. The number of hydrogen-bond acceptors (Lipinski definition) is 3. The van der Waals surface area contributed by atoms with Gasteiger partial charge >= 0.3 is 0 Å². The Balaban J connectivity index is 1.92. The zero-order valence-electron chi connectivity index (χ0n) is 15.6. The van der Waals surface area contributed by atoms with Gasteiger partial charge in [0.25, 0.3) is 0 Å². The molecule has 1 amide bonds. The molecule has 0 aliphatic heterocycles. The van der Waals surface area contributed by atoms with Crippen LogP contribution >= 0.6 is 0 Å². The van der Waals surface area contributed by atoms with Crippen LogP contribution < -0.4 is 16.0 Å². The van der Waals surface area contributed by atoms with E-state index in [1.54, 1.807) is 6.20 Å². The average Bonchev–Trinajstić information content (AvgIpc) is 2.66. The summed E-state index contributed by atoms with van der Waals surface area (Å²) in [5, 5.41) is 9.39. The SMILES string of the molecule is CCNC(=NCc1ccc(NC(=O)C(C)C)cc1)NCc1ccccn1. The van der Waals surface area contributed by atoms with E-state index in [9.17, 15) is 4.79 Å². The lowest BCUT2D eigenvalue weighted by molar-refractivity contribution is -0.118. The summed E-state index contributed by atoms with van der Waals surface area (Å²) < 4.78 is 0. The maximum Gasteiger partial charge on any atom is 0.226 e. The second kappa shape index (κ2) is 10.2. The molecule has 2 rings (SSSR count). The molecule has 1 aromatic carbocycles. The highest BCUT2D eigenvalue weighted by molar-refractivity contribution is 5.92.